The smallest absolute Gasteiger partial charge is 0.229 e. The van der Waals surface area contributed by atoms with Crippen molar-refractivity contribution >= 4 is 28.1 Å². The molecule has 2 aromatic heterocycles. The molecule has 0 aliphatic carbocycles. The average molecular weight is 311 g/mol. The summed E-state index contributed by atoms with van der Waals surface area (Å²) in [7, 11) is 0. The third-order valence-corrected chi connectivity index (χ3v) is 5.46. The first kappa shape index (κ1) is 13.5. The van der Waals surface area contributed by atoms with E-state index in [1.54, 1.807) is 11.3 Å². The second-order valence-electron chi connectivity index (χ2n) is 5.71. The molecule has 1 aliphatic heterocycles. The highest BCUT2D eigenvalue weighted by Gasteiger charge is 2.28. The van der Waals surface area contributed by atoms with Crippen molar-refractivity contribution in [3.8, 4) is 0 Å². The van der Waals surface area contributed by atoms with E-state index in [0.29, 0.717) is 6.42 Å². The molecular formula is C17H17N3OS. The molecule has 0 spiro atoms. The molecule has 4 nitrogen and oxygen atoms in total. The quantitative estimate of drug-likeness (QED) is 0.789. The summed E-state index contributed by atoms with van der Waals surface area (Å²) < 4.78 is 0. The van der Waals surface area contributed by atoms with Crippen LogP contribution in [-0.2, 0) is 17.6 Å². The lowest BCUT2D eigenvalue weighted by Gasteiger charge is -2.33. The summed E-state index contributed by atoms with van der Waals surface area (Å²) in [5.74, 6) is 0.166. The third-order valence-electron chi connectivity index (χ3n) is 4.47. The number of amides is 1. The van der Waals surface area contributed by atoms with Crippen molar-refractivity contribution in [1.29, 1.82) is 0 Å². The molecule has 1 atom stereocenters. The van der Waals surface area contributed by atoms with Gasteiger partial charge in [-0.05, 0) is 36.4 Å². The van der Waals surface area contributed by atoms with E-state index in [2.05, 4.69) is 28.6 Å². The van der Waals surface area contributed by atoms with Crippen molar-refractivity contribution in [1.82, 2.24) is 15.1 Å². The topological polar surface area (TPSA) is 49.0 Å². The second-order valence-corrected chi connectivity index (χ2v) is 6.71. The van der Waals surface area contributed by atoms with Gasteiger partial charge in [-0.3, -0.25) is 9.89 Å². The van der Waals surface area contributed by atoms with Crippen molar-refractivity contribution < 1.29 is 4.79 Å². The average Bonchev–Trinajstić information content (AvgIpc) is 3.15. The summed E-state index contributed by atoms with van der Waals surface area (Å²) in [6.45, 7) is 2.92. The molecule has 0 saturated heterocycles. The number of nitrogens with one attached hydrogen (secondary N) is 1. The van der Waals surface area contributed by atoms with Crippen LogP contribution < -0.4 is 0 Å². The highest BCUT2D eigenvalue weighted by Crippen LogP contribution is 2.33. The summed E-state index contributed by atoms with van der Waals surface area (Å²) >= 11 is 1.80. The maximum atomic E-state index is 12.7. The van der Waals surface area contributed by atoms with Crippen molar-refractivity contribution in [3.05, 3.63) is 51.8 Å². The minimum absolute atomic E-state index is 0.164. The number of carbonyl (C=O) groups is 1. The molecule has 112 valence electrons. The minimum atomic E-state index is 0.164. The van der Waals surface area contributed by atoms with Crippen LogP contribution in [0.5, 0.6) is 0 Å². The van der Waals surface area contributed by atoms with Gasteiger partial charge in [0.15, 0.2) is 0 Å². The number of para-hydroxylation sites is 1. The number of rotatable bonds is 2. The first-order valence-corrected chi connectivity index (χ1v) is 8.39. The van der Waals surface area contributed by atoms with Crippen LogP contribution in [0.4, 0.5) is 0 Å². The number of thiophene rings is 1. The molecule has 0 bridgehead atoms. The number of benzene rings is 1. The minimum Gasteiger partial charge on any atom is -0.335 e. The Hall–Kier alpha value is -2.14. The molecule has 3 aromatic rings. The fraction of sp³-hybridized carbons (Fsp3) is 0.294. The lowest BCUT2D eigenvalue weighted by atomic mass is 10.0. The molecule has 4 rings (SSSR count). The molecule has 0 radical (unpaired) electrons. The predicted molar refractivity (Wildman–Crippen MR) is 87.9 cm³/mol. The number of carbonyl (C=O) groups excluding carboxylic acids is 1. The summed E-state index contributed by atoms with van der Waals surface area (Å²) in [5.41, 5.74) is 3.13. The first-order valence-electron chi connectivity index (χ1n) is 7.52. The molecule has 1 aromatic carbocycles. The van der Waals surface area contributed by atoms with Crippen molar-refractivity contribution in [2.75, 3.05) is 6.54 Å². The van der Waals surface area contributed by atoms with Crippen LogP contribution in [0, 0.1) is 0 Å². The maximum absolute atomic E-state index is 12.7. The van der Waals surface area contributed by atoms with Crippen LogP contribution in [-0.4, -0.2) is 27.5 Å². The van der Waals surface area contributed by atoms with Crippen molar-refractivity contribution in [2.45, 2.75) is 25.8 Å². The molecule has 3 heterocycles. The Bertz CT molecular complexity index is 835. The Morgan fingerprint density at radius 3 is 3.18 bits per heavy atom. The lowest BCUT2D eigenvalue weighted by molar-refractivity contribution is -0.133. The fourth-order valence-corrected chi connectivity index (χ4v) is 4.21. The van der Waals surface area contributed by atoms with Gasteiger partial charge in [0.2, 0.25) is 5.91 Å². The van der Waals surface area contributed by atoms with Gasteiger partial charge in [0, 0.05) is 16.8 Å². The number of aromatic nitrogens is 2. The van der Waals surface area contributed by atoms with Gasteiger partial charge in [-0.1, -0.05) is 18.2 Å². The molecule has 22 heavy (non-hydrogen) atoms. The molecule has 0 saturated carbocycles. The van der Waals surface area contributed by atoms with E-state index >= 15 is 0 Å². The van der Waals surface area contributed by atoms with Gasteiger partial charge in [-0.2, -0.15) is 5.10 Å². The van der Waals surface area contributed by atoms with Crippen LogP contribution in [0.3, 0.4) is 0 Å². The van der Waals surface area contributed by atoms with Gasteiger partial charge in [-0.15, -0.1) is 11.3 Å². The number of aromatic amines is 1. The number of hydrogen-bond donors (Lipinski definition) is 1. The summed E-state index contributed by atoms with van der Waals surface area (Å²) in [4.78, 5) is 16.1. The van der Waals surface area contributed by atoms with Gasteiger partial charge >= 0.3 is 0 Å². The molecular weight excluding hydrogens is 294 g/mol. The number of hydrogen-bond acceptors (Lipinski definition) is 3. The van der Waals surface area contributed by atoms with Crippen molar-refractivity contribution in [2.24, 2.45) is 0 Å². The zero-order chi connectivity index (χ0) is 15.1. The van der Waals surface area contributed by atoms with Gasteiger partial charge in [0.05, 0.1) is 23.7 Å². The zero-order valence-corrected chi connectivity index (χ0v) is 13.2. The van der Waals surface area contributed by atoms with Crippen LogP contribution in [0.15, 0.2) is 35.7 Å². The molecule has 5 heteroatoms. The normalized spacial score (nSPS) is 17.7. The highest BCUT2D eigenvalue weighted by atomic mass is 32.1. The summed E-state index contributed by atoms with van der Waals surface area (Å²) in [6.07, 6.45) is 1.34. The Kier molecular flexibility index (Phi) is 3.22. The first-order chi connectivity index (χ1) is 10.7. The number of H-pyrrole nitrogens is 1. The molecule has 1 N–H and O–H groups in total. The number of nitrogens with zero attached hydrogens (tertiary/aromatic N) is 2. The van der Waals surface area contributed by atoms with E-state index < -0.39 is 0 Å². The Morgan fingerprint density at radius 1 is 1.41 bits per heavy atom. The maximum Gasteiger partial charge on any atom is 0.229 e. The summed E-state index contributed by atoms with van der Waals surface area (Å²) in [5, 5.41) is 10.4. The van der Waals surface area contributed by atoms with Crippen LogP contribution >= 0.6 is 11.3 Å². The summed E-state index contributed by atoms with van der Waals surface area (Å²) in [6, 6.07) is 10.2. The van der Waals surface area contributed by atoms with Crippen LogP contribution in [0.1, 0.15) is 29.1 Å². The van der Waals surface area contributed by atoms with Crippen LogP contribution in [0.2, 0.25) is 0 Å². The molecule has 1 amide bonds. The van der Waals surface area contributed by atoms with Gasteiger partial charge in [-0.25, -0.2) is 0 Å². The predicted octanol–water partition coefficient (Wildman–Crippen LogP) is 3.31. The van der Waals surface area contributed by atoms with Crippen molar-refractivity contribution in [3.63, 3.8) is 0 Å². The molecule has 1 aliphatic rings. The standard InChI is InChI=1S/C17H17N3OS/c1-11-12-7-9-22-16(12)6-8-20(11)17(21)10-15-13-4-2-3-5-14(13)18-19-15/h2-5,7,9,11H,6,8,10H2,1H3,(H,18,19)/t11-/m1/s1. The van der Waals surface area contributed by atoms with E-state index in [4.69, 9.17) is 0 Å². The SMILES string of the molecule is C[C@@H]1c2ccsc2CCN1C(=O)Cc1[nH]nc2ccccc12. The Labute approximate surface area is 132 Å². The van der Waals surface area contributed by atoms with E-state index in [1.165, 1.54) is 10.4 Å². The molecule has 0 fully saturated rings. The lowest BCUT2D eigenvalue weighted by Crippen LogP contribution is -2.39. The molecule has 0 unspecified atom stereocenters. The van der Waals surface area contributed by atoms with E-state index in [9.17, 15) is 4.79 Å². The Balaban J connectivity index is 1.58. The number of fused-ring (bicyclic) bond motifs is 2. The fourth-order valence-electron chi connectivity index (χ4n) is 3.25. The monoisotopic (exact) mass is 311 g/mol. The Morgan fingerprint density at radius 2 is 2.27 bits per heavy atom. The van der Waals surface area contributed by atoms with Gasteiger partial charge in [0.1, 0.15) is 0 Å². The zero-order valence-electron chi connectivity index (χ0n) is 12.4. The van der Waals surface area contributed by atoms with E-state index in [0.717, 1.165) is 29.6 Å². The van der Waals surface area contributed by atoms with E-state index in [1.807, 2.05) is 29.2 Å². The van der Waals surface area contributed by atoms with Gasteiger partial charge in [0.25, 0.3) is 0 Å². The largest absolute Gasteiger partial charge is 0.335 e. The van der Waals surface area contributed by atoms with Crippen LogP contribution in [0.25, 0.3) is 10.9 Å². The second kappa shape index (κ2) is 5.25. The van der Waals surface area contributed by atoms with E-state index in [-0.39, 0.29) is 11.9 Å². The third kappa shape index (κ3) is 2.13. The van der Waals surface area contributed by atoms with Gasteiger partial charge < -0.3 is 4.90 Å². The highest BCUT2D eigenvalue weighted by molar-refractivity contribution is 7.10.